The van der Waals surface area contributed by atoms with E-state index < -0.39 is 0 Å². The Morgan fingerprint density at radius 3 is 2.53 bits per heavy atom. The Bertz CT molecular complexity index is 406. The number of nitrogens with one attached hydrogen (secondary N) is 1. The van der Waals surface area contributed by atoms with Gasteiger partial charge in [-0.2, -0.15) is 0 Å². The Labute approximate surface area is 117 Å². The largest absolute Gasteiger partial charge is 0.310 e. The second-order valence-electron chi connectivity index (χ2n) is 6.54. The van der Waals surface area contributed by atoms with Gasteiger partial charge in [-0.1, -0.05) is 29.8 Å². The Morgan fingerprint density at radius 2 is 1.84 bits per heavy atom. The summed E-state index contributed by atoms with van der Waals surface area (Å²) in [5, 5.41) is 3.86. The molecule has 1 unspecified atom stereocenters. The highest BCUT2D eigenvalue weighted by Crippen LogP contribution is 2.37. The van der Waals surface area contributed by atoms with Crippen LogP contribution in [0.4, 0.5) is 0 Å². The van der Waals surface area contributed by atoms with Gasteiger partial charge in [0.15, 0.2) is 0 Å². The van der Waals surface area contributed by atoms with Crippen molar-refractivity contribution in [1.82, 2.24) is 10.2 Å². The lowest BCUT2D eigenvalue weighted by atomic mass is 9.75. The normalized spacial score (nSPS) is 32.0. The zero-order chi connectivity index (χ0) is 13.2. The molecule has 1 aromatic rings. The Morgan fingerprint density at radius 1 is 1.11 bits per heavy atom. The van der Waals surface area contributed by atoms with Crippen LogP contribution in [0, 0.1) is 6.92 Å². The van der Waals surface area contributed by atoms with Crippen molar-refractivity contribution in [3.8, 4) is 0 Å². The minimum absolute atomic E-state index is 0.725. The first-order chi connectivity index (χ1) is 9.20. The Hall–Kier alpha value is -0.860. The first-order valence-electron chi connectivity index (χ1n) is 7.72. The van der Waals surface area contributed by atoms with E-state index in [4.69, 9.17) is 0 Å². The summed E-state index contributed by atoms with van der Waals surface area (Å²) in [6.07, 6.45) is 5.35. The smallest absolute Gasteiger partial charge is 0.0197 e. The number of rotatable bonds is 3. The van der Waals surface area contributed by atoms with Gasteiger partial charge in [-0.15, -0.1) is 0 Å². The molecule has 2 fully saturated rings. The molecule has 0 aromatic heterocycles. The van der Waals surface area contributed by atoms with E-state index in [1.807, 2.05) is 0 Å². The second-order valence-corrected chi connectivity index (χ2v) is 6.54. The molecule has 1 aliphatic heterocycles. The highest BCUT2D eigenvalue weighted by Gasteiger charge is 2.32. The van der Waals surface area contributed by atoms with Crippen molar-refractivity contribution in [2.75, 3.05) is 20.1 Å². The van der Waals surface area contributed by atoms with Crippen LogP contribution in [0.1, 0.15) is 42.7 Å². The van der Waals surface area contributed by atoms with Crippen LogP contribution in [-0.2, 0) is 0 Å². The first kappa shape index (κ1) is 13.1. The van der Waals surface area contributed by atoms with Crippen molar-refractivity contribution in [2.45, 2.75) is 50.6 Å². The maximum atomic E-state index is 3.86. The molecule has 1 aromatic carbocycles. The Kier molecular flexibility index (Phi) is 3.90. The van der Waals surface area contributed by atoms with Crippen LogP contribution >= 0.6 is 0 Å². The van der Waals surface area contributed by atoms with E-state index in [2.05, 4.69) is 48.5 Å². The van der Waals surface area contributed by atoms with Crippen molar-refractivity contribution in [3.63, 3.8) is 0 Å². The van der Waals surface area contributed by atoms with E-state index in [1.165, 1.54) is 49.9 Å². The predicted octanol–water partition coefficient (Wildman–Crippen LogP) is 2.92. The molecule has 19 heavy (non-hydrogen) atoms. The zero-order valence-corrected chi connectivity index (χ0v) is 12.2. The van der Waals surface area contributed by atoms with Crippen LogP contribution in [0.15, 0.2) is 24.3 Å². The molecule has 2 nitrogen and oxygen atoms in total. The van der Waals surface area contributed by atoms with Crippen molar-refractivity contribution in [3.05, 3.63) is 35.4 Å². The summed E-state index contributed by atoms with van der Waals surface area (Å²) in [7, 11) is 2.24. The van der Waals surface area contributed by atoms with Crippen LogP contribution in [0.3, 0.4) is 0 Å². The number of hydrogen-bond donors (Lipinski definition) is 1. The average molecular weight is 258 g/mol. The fourth-order valence-corrected chi connectivity index (χ4v) is 3.50. The minimum atomic E-state index is 0.725. The van der Waals surface area contributed by atoms with Gasteiger partial charge in [0.05, 0.1) is 0 Å². The lowest BCUT2D eigenvalue weighted by molar-refractivity contribution is 0.185. The SMILES string of the molecule is Cc1ccc(C2CC(NC3CCCN(C)C3)C2)cc1. The summed E-state index contributed by atoms with van der Waals surface area (Å²) >= 11 is 0. The maximum absolute atomic E-state index is 3.86. The molecule has 1 saturated carbocycles. The van der Waals surface area contributed by atoms with Crippen LogP contribution in [-0.4, -0.2) is 37.1 Å². The number of likely N-dealkylation sites (tertiary alicyclic amines) is 1. The van der Waals surface area contributed by atoms with E-state index in [1.54, 1.807) is 0 Å². The number of hydrogen-bond acceptors (Lipinski definition) is 2. The molecule has 2 aliphatic rings. The van der Waals surface area contributed by atoms with Gasteiger partial charge in [0.1, 0.15) is 0 Å². The van der Waals surface area contributed by atoms with Crippen molar-refractivity contribution >= 4 is 0 Å². The van der Waals surface area contributed by atoms with Crippen molar-refractivity contribution < 1.29 is 0 Å². The average Bonchev–Trinajstić information content (AvgIpc) is 2.35. The minimum Gasteiger partial charge on any atom is -0.310 e. The molecule has 2 heteroatoms. The van der Waals surface area contributed by atoms with Gasteiger partial charge in [-0.25, -0.2) is 0 Å². The van der Waals surface area contributed by atoms with Gasteiger partial charge < -0.3 is 10.2 Å². The van der Waals surface area contributed by atoms with Gasteiger partial charge in [-0.3, -0.25) is 0 Å². The third kappa shape index (κ3) is 3.18. The molecule has 104 valence electrons. The summed E-state index contributed by atoms with van der Waals surface area (Å²) in [6.45, 7) is 4.66. The summed E-state index contributed by atoms with van der Waals surface area (Å²) in [5.41, 5.74) is 2.90. The standard InChI is InChI=1S/C17H26N2/c1-13-5-7-14(8-6-13)15-10-17(11-15)18-16-4-3-9-19(2)12-16/h5-8,15-18H,3-4,9-12H2,1-2H3. The number of benzene rings is 1. The lowest BCUT2D eigenvalue weighted by Gasteiger charge is -2.41. The number of aryl methyl sites for hydroxylation is 1. The topological polar surface area (TPSA) is 15.3 Å². The lowest BCUT2D eigenvalue weighted by Crippen LogP contribution is -2.51. The summed E-state index contributed by atoms with van der Waals surface area (Å²) in [5.74, 6) is 0.791. The fourth-order valence-electron chi connectivity index (χ4n) is 3.50. The molecule has 0 amide bonds. The van der Waals surface area contributed by atoms with Crippen molar-refractivity contribution in [2.24, 2.45) is 0 Å². The molecule has 0 spiro atoms. The molecule has 1 saturated heterocycles. The van der Waals surface area contributed by atoms with Gasteiger partial charge in [0.25, 0.3) is 0 Å². The van der Waals surface area contributed by atoms with Gasteiger partial charge in [0.2, 0.25) is 0 Å². The van der Waals surface area contributed by atoms with Crippen LogP contribution < -0.4 is 5.32 Å². The highest BCUT2D eigenvalue weighted by atomic mass is 15.1. The second kappa shape index (κ2) is 5.64. The highest BCUT2D eigenvalue weighted by molar-refractivity contribution is 5.26. The predicted molar refractivity (Wildman–Crippen MR) is 80.6 cm³/mol. The monoisotopic (exact) mass is 258 g/mol. The third-order valence-electron chi connectivity index (χ3n) is 4.78. The first-order valence-corrected chi connectivity index (χ1v) is 7.72. The van der Waals surface area contributed by atoms with E-state index in [-0.39, 0.29) is 0 Å². The quantitative estimate of drug-likeness (QED) is 0.897. The molecule has 1 aliphatic carbocycles. The number of likely N-dealkylation sites (N-methyl/N-ethyl adjacent to an activating group) is 1. The van der Waals surface area contributed by atoms with Crippen LogP contribution in [0.5, 0.6) is 0 Å². The Balaban J connectivity index is 1.46. The zero-order valence-electron chi connectivity index (χ0n) is 12.2. The molecular formula is C17H26N2. The van der Waals surface area contributed by atoms with Gasteiger partial charge in [-0.05, 0) is 57.7 Å². The van der Waals surface area contributed by atoms with E-state index in [0.29, 0.717) is 0 Å². The molecule has 1 atom stereocenters. The molecule has 1 heterocycles. The van der Waals surface area contributed by atoms with E-state index >= 15 is 0 Å². The van der Waals surface area contributed by atoms with Crippen LogP contribution in [0.25, 0.3) is 0 Å². The maximum Gasteiger partial charge on any atom is 0.0197 e. The van der Waals surface area contributed by atoms with E-state index in [0.717, 1.165) is 18.0 Å². The van der Waals surface area contributed by atoms with Crippen molar-refractivity contribution in [1.29, 1.82) is 0 Å². The van der Waals surface area contributed by atoms with Gasteiger partial charge in [0, 0.05) is 18.6 Å². The van der Waals surface area contributed by atoms with Gasteiger partial charge >= 0.3 is 0 Å². The molecule has 3 rings (SSSR count). The number of nitrogens with zero attached hydrogens (tertiary/aromatic N) is 1. The third-order valence-corrected chi connectivity index (χ3v) is 4.78. The molecule has 0 bridgehead atoms. The summed E-state index contributed by atoms with van der Waals surface area (Å²) < 4.78 is 0. The van der Waals surface area contributed by atoms with Crippen LogP contribution in [0.2, 0.25) is 0 Å². The molecular weight excluding hydrogens is 232 g/mol. The molecule has 0 radical (unpaired) electrons. The fraction of sp³-hybridized carbons (Fsp3) is 0.647. The van der Waals surface area contributed by atoms with E-state index in [9.17, 15) is 0 Å². The summed E-state index contributed by atoms with van der Waals surface area (Å²) in [6, 6.07) is 10.6. The number of piperidine rings is 1. The summed E-state index contributed by atoms with van der Waals surface area (Å²) in [4.78, 5) is 2.46. The molecule has 1 N–H and O–H groups in total.